The van der Waals surface area contributed by atoms with Gasteiger partial charge < -0.3 is 9.47 Å². The predicted molar refractivity (Wildman–Crippen MR) is 102 cm³/mol. The van der Waals surface area contributed by atoms with Gasteiger partial charge in [-0.1, -0.05) is 49.7 Å². The van der Waals surface area contributed by atoms with Crippen LogP contribution in [-0.4, -0.2) is 18.9 Å². The lowest BCUT2D eigenvalue weighted by Gasteiger charge is -2.13. The van der Waals surface area contributed by atoms with Gasteiger partial charge in [-0.2, -0.15) is 0 Å². The zero-order valence-electron chi connectivity index (χ0n) is 15.0. The molecule has 2 aromatic carbocycles. The Kier molecular flexibility index (Phi) is 6.02. The third-order valence-electron chi connectivity index (χ3n) is 4.40. The van der Waals surface area contributed by atoms with Crippen LogP contribution in [0.1, 0.15) is 36.6 Å². The molecule has 25 heavy (non-hydrogen) atoms. The van der Waals surface area contributed by atoms with Gasteiger partial charge in [-0.3, -0.25) is 4.98 Å². The number of aromatic nitrogens is 1. The fourth-order valence-electron chi connectivity index (χ4n) is 3.04. The molecule has 0 saturated heterocycles. The summed E-state index contributed by atoms with van der Waals surface area (Å²) in [5, 5.41) is 2.41. The second-order valence-electron chi connectivity index (χ2n) is 6.25. The topological polar surface area (TPSA) is 31.4 Å². The summed E-state index contributed by atoms with van der Waals surface area (Å²) in [6, 6.07) is 16.9. The van der Waals surface area contributed by atoms with Gasteiger partial charge in [-0.15, -0.1) is 0 Å². The Morgan fingerprint density at radius 3 is 2.76 bits per heavy atom. The van der Waals surface area contributed by atoms with Gasteiger partial charge in [0, 0.05) is 30.7 Å². The molecule has 130 valence electrons. The van der Waals surface area contributed by atoms with Crippen LogP contribution in [0.15, 0.2) is 54.7 Å². The Labute approximate surface area is 149 Å². The highest BCUT2D eigenvalue weighted by molar-refractivity contribution is 5.84. The van der Waals surface area contributed by atoms with Crippen LogP contribution in [0, 0.1) is 0 Å². The van der Waals surface area contributed by atoms with E-state index in [-0.39, 0.29) is 6.79 Å². The molecule has 0 atom stereocenters. The molecule has 3 nitrogen and oxygen atoms in total. The number of aryl methyl sites for hydroxylation is 1. The minimum absolute atomic E-state index is 0.257. The van der Waals surface area contributed by atoms with E-state index in [1.54, 1.807) is 7.11 Å². The number of ether oxygens (including phenoxy) is 2. The fraction of sp³-hybridized carbons (Fsp3) is 0.318. The second-order valence-corrected chi connectivity index (χ2v) is 6.25. The average molecular weight is 335 g/mol. The summed E-state index contributed by atoms with van der Waals surface area (Å²) in [6.45, 7) is 2.47. The van der Waals surface area contributed by atoms with E-state index in [9.17, 15) is 0 Å². The Morgan fingerprint density at radius 2 is 1.92 bits per heavy atom. The van der Waals surface area contributed by atoms with Crippen LogP contribution < -0.4 is 4.74 Å². The molecule has 0 saturated carbocycles. The van der Waals surface area contributed by atoms with Crippen molar-refractivity contribution >= 4 is 10.8 Å². The first-order valence-corrected chi connectivity index (χ1v) is 8.88. The largest absolute Gasteiger partial charge is 0.467 e. The number of fused-ring (bicyclic) bond motifs is 1. The molecule has 3 heteroatoms. The highest BCUT2D eigenvalue weighted by Crippen LogP contribution is 2.26. The van der Waals surface area contributed by atoms with E-state index in [0.29, 0.717) is 0 Å². The summed E-state index contributed by atoms with van der Waals surface area (Å²) in [4.78, 5) is 4.61. The molecule has 0 bridgehead atoms. The van der Waals surface area contributed by atoms with Crippen LogP contribution in [-0.2, 0) is 17.6 Å². The molecular weight excluding hydrogens is 310 g/mol. The maximum absolute atomic E-state index is 5.84. The molecule has 0 amide bonds. The minimum Gasteiger partial charge on any atom is -0.467 e. The van der Waals surface area contributed by atoms with Crippen LogP contribution in [0.3, 0.4) is 0 Å². The summed E-state index contributed by atoms with van der Waals surface area (Å²) in [5.41, 5.74) is 3.52. The smallest absolute Gasteiger partial charge is 0.188 e. The molecule has 3 rings (SSSR count). The van der Waals surface area contributed by atoms with Crippen LogP contribution in [0.5, 0.6) is 5.75 Å². The number of methoxy groups -OCH3 is 1. The van der Waals surface area contributed by atoms with Gasteiger partial charge in [-0.05, 0) is 35.9 Å². The first kappa shape index (κ1) is 17.4. The van der Waals surface area contributed by atoms with Gasteiger partial charge in [0.05, 0.1) is 5.69 Å². The first-order chi connectivity index (χ1) is 12.3. The van der Waals surface area contributed by atoms with Crippen molar-refractivity contribution in [3.05, 3.63) is 71.5 Å². The van der Waals surface area contributed by atoms with E-state index in [1.807, 2.05) is 6.20 Å². The second kappa shape index (κ2) is 8.63. The summed E-state index contributed by atoms with van der Waals surface area (Å²) in [6.07, 6.45) is 6.08. The number of benzene rings is 2. The van der Waals surface area contributed by atoms with Crippen molar-refractivity contribution in [1.29, 1.82) is 0 Å². The molecule has 0 aliphatic carbocycles. The van der Waals surface area contributed by atoms with E-state index in [2.05, 4.69) is 60.4 Å². The number of rotatable bonds is 8. The highest BCUT2D eigenvalue weighted by atomic mass is 16.7. The Bertz CT molecular complexity index is 824. The monoisotopic (exact) mass is 335 g/mol. The number of nitrogens with zero attached hydrogens (tertiary/aromatic N) is 1. The van der Waals surface area contributed by atoms with Crippen molar-refractivity contribution in [1.82, 2.24) is 4.98 Å². The number of pyridine rings is 1. The van der Waals surface area contributed by atoms with Crippen LogP contribution in [0.4, 0.5) is 0 Å². The molecule has 1 aromatic heterocycles. The third-order valence-corrected chi connectivity index (χ3v) is 4.40. The van der Waals surface area contributed by atoms with Gasteiger partial charge >= 0.3 is 0 Å². The van der Waals surface area contributed by atoms with Crippen molar-refractivity contribution in [3.8, 4) is 5.75 Å². The summed E-state index contributed by atoms with van der Waals surface area (Å²) >= 11 is 0. The van der Waals surface area contributed by atoms with Crippen LogP contribution >= 0.6 is 0 Å². The van der Waals surface area contributed by atoms with Crippen molar-refractivity contribution in [3.63, 3.8) is 0 Å². The molecule has 0 radical (unpaired) electrons. The molecule has 0 unspecified atom stereocenters. The van der Waals surface area contributed by atoms with Gasteiger partial charge in [0.2, 0.25) is 0 Å². The van der Waals surface area contributed by atoms with Crippen molar-refractivity contribution in [2.75, 3.05) is 13.9 Å². The molecule has 0 aliphatic heterocycles. The summed E-state index contributed by atoms with van der Waals surface area (Å²) in [5.74, 6) is 0.894. The zero-order chi connectivity index (χ0) is 17.5. The minimum atomic E-state index is 0.257. The molecule has 3 aromatic rings. The van der Waals surface area contributed by atoms with Crippen molar-refractivity contribution in [2.45, 2.75) is 32.6 Å². The molecular formula is C22H25NO2. The normalized spacial score (nSPS) is 11.0. The van der Waals surface area contributed by atoms with Gasteiger partial charge in [0.25, 0.3) is 0 Å². The Morgan fingerprint density at radius 1 is 1.04 bits per heavy atom. The van der Waals surface area contributed by atoms with Gasteiger partial charge in [0.15, 0.2) is 6.79 Å². The third kappa shape index (κ3) is 4.37. The highest BCUT2D eigenvalue weighted by Gasteiger charge is 2.10. The molecule has 0 N–H and O–H groups in total. The summed E-state index contributed by atoms with van der Waals surface area (Å²) < 4.78 is 10.9. The lowest BCUT2D eigenvalue weighted by atomic mass is 10.00. The lowest BCUT2D eigenvalue weighted by Crippen LogP contribution is -2.04. The average Bonchev–Trinajstić information content (AvgIpc) is 2.66. The van der Waals surface area contributed by atoms with Crippen LogP contribution in [0.25, 0.3) is 10.8 Å². The van der Waals surface area contributed by atoms with Gasteiger partial charge in [-0.25, -0.2) is 0 Å². The lowest BCUT2D eigenvalue weighted by molar-refractivity contribution is 0.0504. The van der Waals surface area contributed by atoms with Crippen molar-refractivity contribution < 1.29 is 9.47 Å². The predicted octanol–water partition coefficient (Wildman–Crippen LogP) is 5.15. The van der Waals surface area contributed by atoms with Crippen LogP contribution in [0.2, 0.25) is 0 Å². The molecule has 0 aliphatic rings. The molecule has 0 fully saturated rings. The maximum Gasteiger partial charge on any atom is 0.188 e. The van der Waals surface area contributed by atoms with E-state index in [4.69, 9.17) is 9.47 Å². The van der Waals surface area contributed by atoms with E-state index in [0.717, 1.165) is 29.8 Å². The SMILES string of the molecule is CCCCc1ccc(Cc2nccc3ccccc23)c(OCOC)c1. The Balaban J connectivity index is 1.91. The number of hydrogen-bond acceptors (Lipinski definition) is 3. The number of unbranched alkanes of at least 4 members (excludes halogenated alkanes) is 1. The first-order valence-electron chi connectivity index (χ1n) is 8.88. The molecule has 1 heterocycles. The molecule has 0 spiro atoms. The van der Waals surface area contributed by atoms with E-state index in [1.165, 1.54) is 29.2 Å². The standard InChI is InChI=1S/C22H25NO2/c1-3-4-7-17-10-11-19(22(14-17)25-16-24-2)15-21-20-9-6-5-8-18(20)12-13-23-21/h5-6,8-14H,3-4,7,15-16H2,1-2H3. The van der Waals surface area contributed by atoms with E-state index < -0.39 is 0 Å². The quantitative estimate of drug-likeness (QED) is 0.533. The van der Waals surface area contributed by atoms with Crippen molar-refractivity contribution in [2.24, 2.45) is 0 Å². The Hall–Kier alpha value is -2.39. The zero-order valence-corrected chi connectivity index (χ0v) is 15.0. The number of hydrogen-bond donors (Lipinski definition) is 0. The summed E-state index contributed by atoms with van der Waals surface area (Å²) in [7, 11) is 1.65. The van der Waals surface area contributed by atoms with E-state index >= 15 is 0 Å². The maximum atomic E-state index is 5.84. The van der Waals surface area contributed by atoms with Gasteiger partial charge in [0.1, 0.15) is 5.75 Å². The fourth-order valence-corrected chi connectivity index (χ4v) is 3.04.